The molecule has 0 saturated carbocycles. The Morgan fingerprint density at radius 3 is 2.50 bits per heavy atom. The molecule has 1 saturated heterocycles. The minimum atomic E-state index is -0.123. The fourth-order valence-electron chi connectivity index (χ4n) is 2.59. The summed E-state index contributed by atoms with van der Waals surface area (Å²) >= 11 is 0. The molecule has 0 aromatic heterocycles. The molecule has 2 aromatic rings. The van der Waals surface area contributed by atoms with Crippen molar-refractivity contribution in [2.24, 2.45) is 5.10 Å². The highest BCUT2D eigenvalue weighted by Gasteiger charge is 2.10. The molecule has 0 aliphatic carbocycles. The fraction of sp³-hybridized carbons (Fsp3) is 0.263. The standard InChI is InChI=1S/C19H21N3O2/c23-19(14-16-4-2-1-3-5-16)21-20-15-17-6-8-18(9-7-17)22-10-12-24-13-11-22/h1-9,15H,10-14H2,(H,21,23)/b20-15+. The predicted molar refractivity (Wildman–Crippen MR) is 95.4 cm³/mol. The number of hydrazone groups is 1. The predicted octanol–water partition coefficient (Wildman–Crippen LogP) is 2.22. The highest BCUT2D eigenvalue weighted by atomic mass is 16.5. The van der Waals surface area contributed by atoms with Gasteiger partial charge in [0.1, 0.15) is 0 Å². The van der Waals surface area contributed by atoms with Crippen molar-refractivity contribution in [2.45, 2.75) is 6.42 Å². The van der Waals surface area contributed by atoms with Crippen LogP contribution in [0, 0.1) is 0 Å². The summed E-state index contributed by atoms with van der Waals surface area (Å²) in [5.74, 6) is -0.123. The highest BCUT2D eigenvalue weighted by molar-refractivity contribution is 5.83. The van der Waals surface area contributed by atoms with Crippen molar-refractivity contribution in [1.29, 1.82) is 0 Å². The molecule has 1 amide bonds. The molecule has 1 fully saturated rings. The van der Waals surface area contributed by atoms with E-state index in [1.165, 1.54) is 5.69 Å². The lowest BCUT2D eigenvalue weighted by Gasteiger charge is -2.28. The van der Waals surface area contributed by atoms with E-state index >= 15 is 0 Å². The van der Waals surface area contributed by atoms with Gasteiger partial charge in [-0.1, -0.05) is 42.5 Å². The van der Waals surface area contributed by atoms with Crippen LogP contribution in [0.4, 0.5) is 5.69 Å². The quantitative estimate of drug-likeness (QED) is 0.678. The van der Waals surface area contributed by atoms with Crippen LogP contribution in [-0.2, 0) is 16.0 Å². The van der Waals surface area contributed by atoms with Crippen LogP contribution in [0.2, 0.25) is 0 Å². The van der Waals surface area contributed by atoms with Gasteiger partial charge in [0.05, 0.1) is 25.8 Å². The zero-order valence-electron chi connectivity index (χ0n) is 13.5. The Balaban J connectivity index is 1.50. The van der Waals surface area contributed by atoms with Gasteiger partial charge in [-0.2, -0.15) is 5.10 Å². The minimum absolute atomic E-state index is 0.123. The minimum Gasteiger partial charge on any atom is -0.378 e. The maximum absolute atomic E-state index is 11.8. The lowest BCUT2D eigenvalue weighted by Crippen LogP contribution is -2.36. The summed E-state index contributed by atoms with van der Waals surface area (Å²) in [6.07, 6.45) is 1.99. The van der Waals surface area contributed by atoms with Crippen molar-refractivity contribution in [1.82, 2.24) is 5.43 Å². The summed E-state index contributed by atoms with van der Waals surface area (Å²) in [5, 5.41) is 4.02. The molecule has 3 rings (SSSR count). The molecule has 1 aliphatic heterocycles. The number of hydrogen-bond acceptors (Lipinski definition) is 4. The third-order valence-electron chi connectivity index (χ3n) is 3.88. The molecule has 124 valence electrons. The molecular weight excluding hydrogens is 302 g/mol. The molecule has 0 bridgehead atoms. The second kappa shape index (κ2) is 8.26. The highest BCUT2D eigenvalue weighted by Crippen LogP contribution is 2.15. The first-order chi connectivity index (χ1) is 11.8. The number of carbonyl (C=O) groups excluding carboxylic acids is 1. The molecule has 0 unspecified atom stereocenters. The maximum Gasteiger partial charge on any atom is 0.244 e. The number of nitrogens with zero attached hydrogens (tertiary/aromatic N) is 2. The smallest absolute Gasteiger partial charge is 0.244 e. The van der Waals surface area contributed by atoms with Gasteiger partial charge in [-0.25, -0.2) is 5.43 Å². The van der Waals surface area contributed by atoms with Crippen molar-refractivity contribution >= 4 is 17.8 Å². The average molecular weight is 323 g/mol. The van der Waals surface area contributed by atoms with Crippen molar-refractivity contribution < 1.29 is 9.53 Å². The lowest BCUT2D eigenvalue weighted by atomic mass is 10.1. The Hall–Kier alpha value is -2.66. The molecule has 1 aliphatic rings. The van der Waals surface area contributed by atoms with E-state index in [2.05, 4.69) is 27.6 Å². The summed E-state index contributed by atoms with van der Waals surface area (Å²) in [5.41, 5.74) is 5.67. The third-order valence-corrected chi connectivity index (χ3v) is 3.88. The molecule has 5 heteroatoms. The number of rotatable bonds is 5. The van der Waals surface area contributed by atoms with E-state index < -0.39 is 0 Å². The molecule has 5 nitrogen and oxygen atoms in total. The van der Waals surface area contributed by atoms with Crippen LogP contribution in [0.5, 0.6) is 0 Å². The molecule has 0 spiro atoms. The largest absolute Gasteiger partial charge is 0.378 e. The summed E-state index contributed by atoms with van der Waals surface area (Å²) in [7, 11) is 0. The van der Waals surface area contributed by atoms with E-state index in [4.69, 9.17) is 4.74 Å². The molecule has 0 radical (unpaired) electrons. The molecular formula is C19H21N3O2. The molecule has 1 heterocycles. The number of nitrogens with one attached hydrogen (secondary N) is 1. The molecule has 0 atom stereocenters. The fourth-order valence-corrected chi connectivity index (χ4v) is 2.59. The normalized spacial score (nSPS) is 14.8. The van der Waals surface area contributed by atoms with E-state index in [0.717, 1.165) is 37.4 Å². The summed E-state index contributed by atoms with van der Waals surface area (Å²) < 4.78 is 5.36. The number of anilines is 1. The Morgan fingerprint density at radius 1 is 1.08 bits per heavy atom. The average Bonchev–Trinajstić information content (AvgIpc) is 2.64. The van der Waals surface area contributed by atoms with Gasteiger partial charge in [0.25, 0.3) is 0 Å². The van der Waals surface area contributed by atoms with Crippen molar-refractivity contribution in [2.75, 3.05) is 31.2 Å². The Bertz CT molecular complexity index is 678. The third kappa shape index (κ3) is 4.67. The van der Waals surface area contributed by atoms with Gasteiger partial charge in [0.2, 0.25) is 5.91 Å². The summed E-state index contributed by atoms with van der Waals surface area (Å²) in [6.45, 7) is 3.39. The monoisotopic (exact) mass is 323 g/mol. The Morgan fingerprint density at radius 2 is 1.79 bits per heavy atom. The van der Waals surface area contributed by atoms with Crippen LogP contribution >= 0.6 is 0 Å². The Labute approximate surface area is 141 Å². The number of ether oxygens (including phenoxy) is 1. The zero-order valence-corrected chi connectivity index (χ0v) is 13.5. The van der Waals surface area contributed by atoms with Gasteiger partial charge >= 0.3 is 0 Å². The van der Waals surface area contributed by atoms with Gasteiger partial charge in [-0.05, 0) is 23.3 Å². The number of carbonyl (C=O) groups is 1. The van der Waals surface area contributed by atoms with Crippen LogP contribution in [0.3, 0.4) is 0 Å². The van der Waals surface area contributed by atoms with Crippen LogP contribution in [0.25, 0.3) is 0 Å². The summed E-state index contributed by atoms with van der Waals surface area (Å²) in [6, 6.07) is 17.7. The first kappa shape index (κ1) is 16.2. The molecule has 2 aromatic carbocycles. The van der Waals surface area contributed by atoms with Gasteiger partial charge in [-0.3, -0.25) is 4.79 Å². The van der Waals surface area contributed by atoms with Gasteiger partial charge < -0.3 is 9.64 Å². The molecule has 1 N–H and O–H groups in total. The SMILES string of the molecule is O=C(Cc1ccccc1)N/N=C/c1ccc(N2CCOCC2)cc1. The van der Waals surface area contributed by atoms with Crippen molar-refractivity contribution in [3.63, 3.8) is 0 Å². The van der Waals surface area contributed by atoms with E-state index in [0.29, 0.717) is 6.42 Å². The second-order valence-corrected chi connectivity index (χ2v) is 5.65. The maximum atomic E-state index is 11.8. The van der Waals surface area contributed by atoms with Crippen molar-refractivity contribution in [3.8, 4) is 0 Å². The summed E-state index contributed by atoms with van der Waals surface area (Å²) in [4.78, 5) is 14.1. The van der Waals surface area contributed by atoms with E-state index in [1.807, 2.05) is 42.5 Å². The number of morpholine rings is 1. The Kier molecular flexibility index (Phi) is 5.58. The topological polar surface area (TPSA) is 53.9 Å². The number of benzene rings is 2. The van der Waals surface area contributed by atoms with Crippen molar-refractivity contribution in [3.05, 3.63) is 65.7 Å². The van der Waals surface area contributed by atoms with E-state index in [1.54, 1.807) is 6.21 Å². The van der Waals surface area contributed by atoms with Crippen LogP contribution in [0.1, 0.15) is 11.1 Å². The lowest BCUT2D eigenvalue weighted by molar-refractivity contribution is -0.120. The second-order valence-electron chi connectivity index (χ2n) is 5.65. The van der Waals surface area contributed by atoms with Crippen LogP contribution < -0.4 is 10.3 Å². The zero-order chi connectivity index (χ0) is 16.6. The van der Waals surface area contributed by atoms with Crippen LogP contribution in [0.15, 0.2) is 59.7 Å². The van der Waals surface area contributed by atoms with Gasteiger partial charge in [0, 0.05) is 18.8 Å². The van der Waals surface area contributed by atoms with Gasteiger partial charge in [-0.15, -0.1) is 0 Å². The van der Waals surface area contributed by atoms with Crippen LogP contribution in [-0.4, -0.2) is 38.4 Å². The van der Waals surface area contributed by atoms with E-state index in [-0.39, 0.29) is 5.91 Å². The first-order valence-electron chi connectivity index (χ1n) is 8.10. The number of amides is 1. The number of hydrogen-bond donors (Lipinski definition) is 1. The molecule has 24 heavy (non-hydrogen) atoms. The van der Waals surface area contributed by atoms with E-state index in [9.17, 15) is 4.79 Å². The van der Waals surface area contributed by atoms with Gasteiger partial charge in [0.15, 0.2) is 0 Å². The first-order valence-corrected chi connectivity index (χ1v) is 8.10.